The van der Waals surface area contributed by atoms with Crippen LogP contribution in [-0.4, -0.2) is 15.5 Å². The van der Waals surface area contributed by atoms with E-state index >= 15 is 0 Å². The molecule has 5 nitrogen and oxygen atoms in total. The molecule has 1 aliphatic heterocycles. The molecule has 1 aromatic rings. The molecule has 5 heteroatoms. The molecule has 2 heterocycles. The molecular formula is C7H9N5. The van der Waals surface area contributed by atoms with Gasteiger partial charge in [0.25, 0.3) is 0 Å². The smallest absolute Gasteiger partial charge is 0.199 e. The Kier molecular flexibility index (Phi) is 1.21. The number of guanidine groups is 1. The number of imidazole rings is 1. The van der Waals surface area contributed by atoms with E-state index in [4.69, 9.17) is 5.73 Å². The molecule has 0 bridgehead atoms. The summed E-state index contributed by atoms with van der Waals surface area (Å²) in [6.45, 7) is 3.77. The lowest BCUT2D eigenvalue weighted by Gasteiger charge is -2.12. The normalized spacial score (nSPS) is 15.1. The SMILES string of the molecule is C=C1NC(N)=Nc2c1ncn2C. The maximum atomic E-state index is 5.50. The van der Waals surface area contributed by atoms with Gasteiger partial charge in [0.2, 0.25) is 0 Å². The van der Waals surface area contributed by atoms with Crippen molar-refractivity contribution in [2.45, 2.75) is 0 Å². The van der Waals surface area contributed by atoms with Gasteiger partial charge in [0, 0.05) is 7.05 Å². The van der Waals surface area contributed by atoms with Crippen LogP contribution < -0.4 is 11.1 Å². The van der Waals surface area contributed by atoms with E-state index in [0.717, 1.165) is 11.5 Å². The van der Waals surface area contributed by atoms with Crippen molar-refractivity contribution in [3.05, 3.63) is 18.6 Å². The van der Waals surface area contributed by atoms with Crippen molar-refractivity contribution in [3.8, 4) is 0 Å². The minimum Gasteiger partial charge on any atom is -0.369 e. The summed E-state index contributed by atoms with van der Waals surface area (Å²) in [5.74, 6) is 1.10. The van der Waals surface area contributed by atoms with Gasteiger partial charge in [-0.05, 0) is 0 Å². The molecule has 0 aliphatic carbocycles. The number of hydrogen-bond donors (Lipinski definition) is 2. The van der Waals surface area contributed by atoms with E-state index < -0.39 is 0 Å². The molecule has 0 amide bonds. The molecule has 0 aromatic carbocycles. The van der Waals surface area contributed by atoms with Crippen molar-refractivity contribution in [1.29, 1.82) is 0 Å². The first-order valence-corrected chi connectivity index (χ1v) is 3.50. The van der Waals surface area contributed by atoms with Gasteiger partial charge < -0.3 is 15.6 Å². The molecule has 12 heavy (non-hydrogen) atoms. The van der Waals surface area contributed by atoms with Gasteiger partial charge in [-0.1, -0.05) is 6.58 Å². The Bertz CT molecular complexity index is 373. The Hall–Kier alpha value is -1.78. The molecule has 1 aromatic heterocycles. The van der Waals surface area contributed by atoms with Gasteiger partial charge in [-0.2, -0.15) is 4.99 Å². The van der Waals surface area contributed by atoms with E-state index in [2.05, 4.69) is 21.9 Å². The molecule has 3 N–H and O–H groups in total. The minimum absolute atomic E-state index is 0.358. The molecule has 0 radical (unpaired) electrons. The van der Waals surface area contributed by atoms with Crippen LogP contribution >= 0.6 is 0 Å². The summed E-state index contributed by atoms with van der Waals surface area (Å²) >= 11 is 0. The van der Waals surface area contributed by atoms with Crippen LogP contribution in [-0.2, 0) is 7.05 Å². The maximum absolute atomic E-state index is 5.50. The Labute approximate surface area is 69.6 Å². The fourth-order valence-corrected chi connectivity index (χ4v) is 1.12. The summed E-state index contributed by atoms with van der Waals surface area (Å²) in [5.41, 5.74) is 6.95. The van der Waals surface area contributed by atoms with E-state index in [1.807, 2.05) is 7.05 Å². The Morgan fingerprint density at radius 1 is 1.67 bits per heavy atom. The van der Waals surface area contributed by atoms with Crippen molar-refractivity contribution >= 4 is 17.5 Å². The van der Waals surface area contributed by atoms with Crippen LogP contribution in [0.5, 0.6) is 0 Å². The predicted octanol–water partition coefficient (Wildman–Crippen LogP) is -0.0598. The number of nitrogens with one attached hydrogen (secondary N) is 1. The largest absolute Gasteiger partial charge is 0.369 e. The average Bonchev–Trinajstić information content (AvgIpc) is 2.33. The van der Waals surface area contributed by atoms with Crippen molar-refractivity contribution in [2.24, 2.45) is 17.8 Å². The highest BCUT2D eigenvalue weighted by Gasteiger charge is 2.16. The zero-order chi connectivity index (χ0) is 8.72. The third kappa shape index (κ3) is 0.795. The fourth-order valence-electron chi connectivity index (χ4n) is 1.12. The van der Waals surface area contributed by atoms with E-state index in [9.17, 15) is 0 Å². The lowest BCUT2D eigenvalue weighted by Crippen LogP contribution is -2.32. The van der Waals surface area contributed by atoms with Crippen LogP contribution in [0, 0.1) is 0 Å². The van der Waals surface area contributed by atoms with Gasteiger partial charge in [0.05, 0.1) is 12.0 Å². The second-order valence-corrected chi connectivity index (χ2v) is 2.63. The van der Waals surface area contributed by atoms with Crippen LogP contribution in [0.3, 0.4) is 0 Å². The number of aromatic nitrogens is 2. The molecule has 0 fully saturated rings. The van der Waals surface area contributed by atoms with Gasteiger partial charge in [-0.3, -0.25) is 0 Å². The van der Waals surface area contributed by atoms with Crippen molar-refractivity contribution in [2.75, 3.05) is 0 Å². The van der Waals surface area contributed by atoms with Crippen molar-refractivity contribution in [3.63, 3.8) is 0 Å². The number of aryl methyl sites for hydroxylation is 1. The van der Waals surface area contributed by atoms with Crippen LogP contribution in [0.1, 0.15) is 5.69 Å². The Balaban J connectivity index is 2.65. The highest BCUT2D eigenvalue weighted by molar-refractivity contribution is 5.93. The van der Waals surface area contributed by atoms with Crippen LogP contribution in [0.4, 0.5) is 5.82 Å². The number of nitrogens with zero attached hydrogens (tertiary/aromatic N) is 3. The molecule has 0 unspecified atom stereocenters. The quantitative estimate of drug-likeness (QED) is 0.563. The Morgan fingerprint density at radius 2 is 2.42 bits per heavy atom. The molecule has 2 rings (SSSR count). The predicted molar refractivity (Wildman–Crippen MR) is 46.7 cm³/mol. The zero-order valence-corrected chi connectivity index (χ0v) is 6.70. The standard InChI is InChI=1S/C7H9N5/c1-4-5-6(11-7(8)10-4)12(2)3-9-5/h3H,1H2,2H3,(H3,8,10,11). The van der Waals surface area contributed by atoms with E-state index in [-0.39, 0.29) is 0 Å². The summed E-state index contributed by atoms with van der Waals surface area (Å²) < 4.78 is 1.80. The van der Waals surface area contributed by atoms with Gasteiger partial charge in [0.1, 0.15) is 5.69 Å². The number of hydrogen-bond acceptors (Lipinski definition) is 4. The number of rotatable bonds is 0. The van der Waals surface area contributed by atoms with Gasteiger partial charge >= 0.3 is 0 Å². The zero-order valence-electron chi connectivity index (χ0n) is 6.70. The number of fused-ring (bicyclic) bond motifs is 1. The molecule has 62 valence electrons. The summed E-state index contributed by atoms with van der Waals surface area (Å²) in [4.78, 5) is 8.19. The lowest BCUT2D eigenvalue weighted by atomic mass is 10.3. The summed E-state index contributed by atoms with van der Waals surface area (Å²) in [6.07, 6.45) is 1.68. The number of aliphatic imine (C=N–C) groups is 1. The monoisotopic (exact) mass is 163 g/mol. The number of nitrogens with two attached hydrogens (primary N) is 1. The van der Waals surface area contributed by atoms with E-state index in [0.29, 0.717) is 11.7 Å². The topological polar surface area (TPSA) is 68.2 Å². The van der Waals surface area contributed by atoms with Gasteiger partial charge in [-0.15, -0.1) is 0 Å². The minimum atomic E-state index is 0.358. The second-order valence-electron chi connectivity index (χ2n) is 2.63. The van der Waals surface area contributed by atoms with Crippen LogP contribution in [0.2, 0.25) is 0 Å². The fraction of sp³-hybridized carbons (Fsp3) is 0.143. The summed E-state index contributed by atoms with van der Waals surface area (Å²) in [5, 5.41) is 2.81. The van der Waals surface area contributed by atoms with Crippen LogP contribution in [0.25, 0.3) is 5.70 Å². The van der Waals surface area contributed by atoms with E-state index in [1.54, 1.807) is 10.9 Å². The summed E-state index contributed by atoms with van der Waals surface area (Å²) in [6, 6.07) is 0. The van der Waals surface area contributed by atoms with E-state index in [1.165, 1.54) is 0 Å². The van der Waals surface area contributed by atoms with Gasteiger partial charge in [0.15, 0.2) is 11.8 Å². The van der Waals surface area contributed by atoms with Crippen LogP contribution in [0.15, 0.2) is 17.9 Å². The Morgan fingerprint density at radius 3 is 3.17 bits per heavy atom. The first-order valence-electron chi connectivity index (χ1n) is 3.50. The maximum Gasteiger partial charge on any atom is 0.199 e. The highest BCUT2D eigenvalue weighted by Crippen LogP contribution is 2.24. The van der Waals surface area contributed by atoms with Gasteiger partial charge in [-0.25, -0.2) is 4.98 Å². The molecule has 0 saturated carbocycles. The van der Waals surface area contributed by atoms with Crippen molar-refractivity contribution < 1.29 is 0 Å². The average molecular weight is 163 g/mol. The first kappa shape index (κ1) is 6.90. The summed E-state index contributed by atoms with van der Waals surface area (Å²) in [7, 11) is 1.86. The molecule has 0 atom stereocenters. The second kappa shape index (κ2) is 2.10. The molecule has 0 spiro atoms. The third-order valence-corrected chi connectivity index (χ3v) is 1.70. The molecule has 1 aliphatic rings. The first-order chi connectivity index (χ1) is 5.68. The molecule has 0 saturated heterocycles. The molecular weight excluding hydrogens is 154 g/mol. The third-order valence-electron chi connectivity index (χ3n) is 1.70. The highest BCUT2D eigenvalue weighted by atomic mass is 15.2. The lowest BCUT2D eigenvalue weighted by molar-refractivity contribution is 0.908. The van der Waals surface area contributed by atoms with Crippen molar-refractivity contribution in [1.82, 2.24) is 14.9 Å².